The number of carbonyl (C=O) groups is 1. The van der Waals surface area contributed by atoms with Crippen LogP contribution in [0.2, 0.25) is 0 Å². The lowest BCUT2D eigenvalue weighted by atomic mass is 10.1. The van der Waals surface area contributed by atoms with Gasteiger partial charge in [-0.05, 0) is 36.4 Å². The van der Waals surface area contributed by atoms with E-state index in [1.807, 2.05) is 0 Å². The van der Waals surface area contributed by atoms with Gasteiger partial charge in [0.2, 0.25) is 0 Å². The van der Waals surface area contributed by atoms with Gasteiger partial charge in [-0.2, -0.15) is 5.26 Å². The quantitative estimate of drug-likeness (QED) is 0.466. The second kappa shape index (κ2) is 7.60. The molecule has 5 heteroatoms. The minimum absolute atomic E-state index is 0.209. The second-order valence-corrected chi connectivity index (χ2v) is 4.39. The Bertz CT molecular complexity index is 698. The van der Waals surface area contributed by atoms with Crippen LogP contribution >= 0.6 is 0 Å². The largest absolute Gasteiger partial charge is 0.487 e. The van der Waals surface area contributed by atoms with Crippen molar-refractivity contribution in [1.82, 2.24) is 0 Å². The highest BCUT2D eigenvalue weighted by Gasteiger charge is 2.06. The van der Waals surface area contributed by atoms with Crippen molar-refractivity contribution in [1.29, 1.82) is 5.26 Å². The number of oxime groups is 1. The summed E-state index contributed by atoms with van der Waals surface area (Å²) in [5.41, 5.74) is 2.58. The number of nitriles is 1. The van der Waals surface area contributed by atoms with Crippen molar-refractivity contribution in [3.63, 3.8) is 0 Å². The van der Waals surface area contributed by atoms with E-state index in [1.54, 1.807) is 48.5 Å². The summed E-state index contributed by atoms with van der Waals surface area (Å²) in [6.07, 6.45) is 0.776. The fraction of sp³-hybridized carbons (Fsp3) is 0.118. The highest BCUT2D eigenvalue weighted by atomic mass is 16.6. The van der Waals surface area contributed by atoms with Gasteiger partial charge in [0.1, 0.15) is 31.5 Å². The Labute approximate surface area is 128 Å². The molecule has 0 aliphatic heterocycles. The van der Waals surface area contributed by atoms with Gasteiger partial charge in [-0.25, -0.2) is 0 Å². The maximum atomic E-state index is 10.6. The average molecular weight is 294 g/mol. The number of benzene rings is 2. The number of nitrogens with zero attached hydrogens (tertiary/aromatic N) is 2. The predicted octanol–water partition coefficient (Wildman–Crippen LogP) is 2.80. The van der Waals surface area contributed by atoms with Crippen molar-refractivity contribution in [2.45, 2.75) is 0 Å². The van der Waals surface area contributed by atoms with Gasteiger partial charge >= 0.3 is 0 Å². The average Bonchev–Trinajstić information content (AvgIpc) is 2.59. The molecule has 0 unspecified atom stereocenters. The molecular weight excluding hydrogens is 280 g/mol. The molecule has 0 aliphatic carbocycles. The summed E-state index contributed by atoms with van der Waals surface area (Å²) >= 11 is 0. The normalized spacial score (nSPS) is 10.6. The maximum absolute atomic E-state index is 10.6. The Morgan fingerprint density at radius 3 is 2.41 bits per heavy atom. The summed E-state index contributed by atoms with van der Waals surface area (Å²) in [5.74, 6) is 0.628. The molecule has 2 rings (SSSR count). The number of ether oxygens (including phenoxy) is 1. The number of hydrogen-bond donors (Lipinski definition) is 0. The zero-order chi connectivity index (χ0) is 15.8. The van der Waals surface area contributed by atoms with Crippen molar-refractivity contribution in [3.05, 3.63) is 65.2 Å². The number of hydrogen-bond acceptors (Lipinski definition) is 5. The van der Waals surface area contributed by atoms with E-state index in [-0.39, 0.29) is 6.61 Å². The molecule has 2 aromatic rings. The summed E-state index contributed by atoms with van der Waals surface area (Å²) in [7, 11) is 1.46. The van der Waals surface area contributed by atoms with Crippen LogP contribution in [0.15, 0.2) is 53.7 Å². The maximum Gasteiger partial charge on any atom is 0.150 e. The third-order valence-corrected chi connectivity index (χ3v) is 2.94. The van der Waals surface area contributed by atoms with E-state index in [0.717, 1.165) is 11.8 Å². The third kappa shape index (κ3) is 3.93. The zero-order valence-corrected chi connectivity index (χ0v) is 12.0. The van der Waals surface area contributed by atoms with E-state index in [0.29, 0.717) is 22.6 Å². The van der Waals surface area contributed by atoms with Crippen LogP contribution in [-0.4, -0.2) is 25.7 Å². The summed E-state index contributed by atoms with van der Waals surface area (Å²) in [5, 5.41) is 12.8. The Balaban J connectivity index is 2.09. The van der Waals surface area contributed by atoms with Crippen LogP contribution in [-0.2, 0) is 4.84 Å². The Morgan fingerprint density at radius 2 is 1.86 bits per heavy atom. The molecular formula is C17H14N2O3. The van der Waals surface area contributed by atoms with Gasteiger partial charge in [-0.3, -0.25) is 4.79 Å². The fourth-order valence-corrected chi connectivity index (χ4v) is 1.80. The van der Waals surface area contributed by atoms with Crippen molar-refractivity contribution < 1.29 is 14.4 Å². The molecule has 0 saturated heterocycles. The van der Waals surface area contributed by atoms with Crippen molar-refractivity contribution >= 4 is 12.0 Å². The first-order chi connectivity index (χ1) is 10.8. The molecule has 5 nitrogen and oxygen atoms in total. The summed E-state index contributed by atoms with van der Waals surface area (Å²) in [6.45, 7) is 0.209. The van der Waals surface area contributed by atoms with Gasteiger partial charge in [-0.15, -0.1) is 0 Å². The highest BCUT2D eigenvalue weighted by molar-refractivity contribution is 6.01. The predicted molar refractivity (Wildman–Crippen MR) is 82.0 cm³/mol. The molecule has 0 amide bonds. The van der Waals surface area contributed by atoms with Gasteiger partial charge in [0.15, 0.2) is 0 Å². The second-order valence-electron chi connectivity index (χ2n) is 4.39. The lowest BCUT2D eigenvalue weighted by Gasteiger charge is -2.09. The summed E-state index contributed by atoms with van der Waals surface area (Å²) in [4.78, 5) is 15.4. The van der Waals surface area contributed by atoms with E-state index in [1.165, 1.54) is 7.11 Å². The molecule has 0 atom stereocenters. The minimum Gasteiger partial charge on any atom is -0.487 e. The van der Waals surface area contributed by atoms with Crippen LogP contribution in [0.25, 0.3) is 0 Å². The standard InChI is InChI=1S/C17H14N2O3/c1-21-19-17(15-6-2-13(10-18)3-7-15)12-22-16-8-4-14(11-20)5-9-16/h2-9,11H,12H2,1H3/b19-17+. The minimum atomic E-state index is 0.209. The van der Waals surface area contributed by atoms with Crippen LogP contribution in [0.5, 0.6) is 5.75 Å². The van der Waals surface area contributed by atoms with Gasteiger partial charge in [0.05, 0.1) is 11.6 Å². The van der Waals surface area contributed by atoms with Crippen LogP contribution in [0.4, 0.5) is 0 Å². The molecule has 0 fully saturated rings. The van der Waals surface area contributed by atoms with E-state index in [9.17, 15) is 4.79 Å². The molecule has 0 saturated carbocycles. The van der Waals surface area contributed by atoms with Crippen LogP contribution in [0.1, 0.15) is 21.5 Å². The molecule has 0 aromatic heterocycles. The highest BCUT2D eigenvalue weighted by Crippen LogP contribution is 2.13. The number of carbonyl (C=O) groups excluding carboxylic acids is 1. The van der Waals surface area contributed by atoms with E-state index in [4.69, 9.17) is 14.8 Å². The fourth-order valence-electron chi connectivity index (χ4n) is 1.80. The molecule has 0 spiro atoms. The Morgan fingerprint density at radius 1 is 1.18 bits per heavy atom. The smallest absolute Gasteiger partial charge is 0.150 e. The molecule has 0 N–H and O–H groups in total. The first kappa shape index (κ1) is 15.3. The molecule has 0 heterocycles. The molecule has 0 bridgehead atoms. The monoisotopic (exact) mass is 294 g/mol. The van der Waals surface area contributed by atoms with E-state index >= 15 is 0 Å². The molecule has 0 aliphatic rings. The van der Waals surface area contributed by atoms with E-state index in [2.05, 4.69) is 11.2 Å². The van der Waals surface area contributed by atoms with Crippen molar-refractivity contribution in [2.75, 3.05) is 13.7 Å². The first-order valence-corrected chi connectivity index (χ1v) is 6.55. The topological polar surface area (TPSA) is 71.7 Å². The van der Waals surface area contributed by atoms with Crippen molar-refractivity contribution in [3.8, 4) is 11.8 Å². The van der Waals surface area contributed by atoms with Gasteiger partial charge in [0.25, 0.3) is 0 Å². The van der Waals surface area contributed by atoms with Gasteiger partial charge in [0, 0.05) is 11.1 Å². The number of rotatable bonds is 6. The summed E-state index contributed by atoms with van der Waals surface area (Å²) in [6, 6.07) is 15.8. The van der Waals surface area contributed by atoms with Crippen LogP contribution < -0.4 is 4.74 Å². The SMILES string of the molecule is CO/N=C(\COc1ccc(C=O)cc1)c1ccc(C#N)cc1. The lowest BCUT2D eigenvalue weighted by Crippen LogP contribution is -2.13. The van der Waals surface area contributed by atoms with Crippen molar-refractivity contribution in [2.24, 2.45) is 5.16 Å². The third-order valence-electron chi connectivity index (χ3n) is 2.94. The van der Waals surface area contributed by atoms with Crippen LogP contribution in [0.3, 0.4) is 0 Å². The first-order valence-electron chi connectivity index (χ1n) is 6.55. The Hall–Kier alpha value is -3.13. The van der Waals surface area contributed by atoms with Crippen LogP contribution in [0, 0.1) is 11.3 Å². The lowest BCUT2D eigenvalue weighted by molar-refractivity contribution is 0.112. The molecule has 110 valence electrons. The van der Waals surface area contributed by atoms with Gasteiger partial charge < -0.3 is 9.57 Å². The summed E-state index contributed by atoms with van der Waals surface area (Å²) < 4.78 is 5.64. The zero-order valence-electron chi connectivity index (χ0n) is 12.0. The molecule has 2 aromatic carbocycles. The van der Waals surface area contributed by atoms with E-state index < -0.39 is 0 Å². The molecule has 0 radical (unpaired) electrons. The number of aldehydes is 1. The Kier molecular flexibility index (Phi) is 5.27. The molecule has 22 heavy (non-hydrogen) atoms. The van der Waals surface area contributed by atoms with Gasteiger partial charge in [-0.1, -0.05) is 17.3 Å².